The van der Waals surface area contributed by atoms with Crippen LogP contribution < -0.4 is 0 Å². The monoisotopic (exact) mass is 1170 g/mol. The molecule has 9 nitrogen and oxygen atoms in total. The van der Waals surface area contributed by atoms with Crippen LogP contribution in [0.5, 0.6) is 0 Å². The second-order valence-electron chi connectivity index (χ2n) is 24.8. The molecule has 0 aliphatic carbocycles. The molecule has 0 aromatic heterocycles. The molecule has 83 heavy (non-hydrogen) atoms. The highest BCUT2D eigenvalue weighted by Gasteiger charge is 2.25. The van der Waals surface area contributed by atoms with Gasteiger partial charge in [-0.1, -0.05) is 299 Å². The maximum atomic E-state index is 12.9. The fourth-order valence-electron chi connectivity index (χ4n) is 10.1. The molecule has 1 N–H and O–H groups in total. The van der Waals surface area contributed by atoms with E-state index in [1.54, 1.807) is 0 Å². The summed E-state index contributed by atoms with van der Waals surface area (Å²) in [6, 6.07) is 0. The van der Waals surface area contributed by atoms with Gasteiger partial charge in [-0.2, -0.15) is 0 Å². The van der Waals surface area contributed by atoms with Crippen LogP contribution in [-0.2, 0) is 33.3 Å². The smallest absolute Gasteiger partial charge is 0.361 e. The average Bonchev–Trinajstić information content (AvgIpc) is 3.46. The number of allylic oxidation sites excluding steroid dienone is 12. The first-order valence-electron chi connectivity index (χ1n) is 35.1. The maximum Gasteiger partial charge on any atom is 0.361 e. The summed E-state index contributed by atoms with van der Waals surface area (Å²) in [6.07, 6.45) is 83.2. The number of hydrogen-bond donors (Lipinski definition) is 1. The van der Waals surface area contributed by atoms with E-state index in [2.05, 4.69) is 86.8 Å². The molecule has 0 fully saturated rings. The summed E-state index contributed by atoms with van der Waals surface area (Å²) in [7, 11) is 5.97. The van der Waals surface area contributed by atoms with E-state index >= 15 is 0 Å². The molecule has 9 heteroatoms. The van der Waals surface area contributed by atoms with Crippen LogP contribution >= 0.6 is 0 Å². The van der Waals surface area contributed by atoms with Gasteiger partial charge in [-0.15, -0.1) is 0 Å². The summed E-state index contributed by atoms with van der Waals surface area (Å²) in [4.78, 5) is 37.5. The van der Waals surface area contributed by atoms with Crippen LogP contribution in [0.2, 0.25) is 0 Å². The van der Waals surface area contributed by atoms with E-state index in [9.17, 15) is 19.5 Å². The molecule has 0 aliphatic heterocycles. The third-order valence-electron chi connectivity index (χ3n) is 15.4. The van der Waals surface area contributed by atoms with Crippen molar-refractivity contribution >= 4 is 17.9 Å². The highest BCUT2D eigenvalue weighted by atomic mass is 16.7. The minimum absolute atomic E-state index is 0.183. The topological polar surface area (TPSA) is 108 Å². The fraction of sp³-hybridized carbons (Fsp3) is 0.797. The van der Waals surface area contributed by atoms with Crippen LogP contribution in [0.25, 0.3) is 0 Å². The Morgan fingerprint density at radius 1 is 0.373 bits per heavy atom. The van der Waals surface area contributed by atoms with Crippen LogP contribution in [0, 0.1) is 0 Å². The van der Waals surface area contributed by atoms with Gasteiger partial charge in [0, 0.05) is 12.8 Å². The third kappa shape index (κ3) is 66.1. The van der Waals surface area contributed by atoms with Crippen LogP contribution in [0.3, 0.4) is 0 Å². The van der Waals surface area contributed by atoms with Crippen LogP contribution in [-0.4, -0.2) is 87.4 Å². The number of carbonyl (C=O) groups is 3. The summed E-state index contributed by atoms with van der Waals surface area (Å²) in [6.45, 7) is 4.77. The lowest BCUT2D eigenvalue weighted by molar-refractivity contribution is -0.870. The van der Waals surface area contributed by atoms with Crippen LogP contribution in [0.1, 0.15) is 322 Å². The summed E-state index contributed by atoms with van der Waals surface area (Å²) in [5.41, 5.74) is 0. The minimum Gasteiger partial charge on any atom is -0.477 e. The van der Waals surface area contributed by atoms with Gasteiger partial charge in [-0.25, -0.2) is 4.79 Å². The second-order valence-corrected chi connectivity index (χ2v) is 24.8. The van der Waals surface area contributed by atoms with Crippen molar-refractivity contribution in [2.45, 2.75) is 334 Å². The number of esters is 2. The van der Waals surface area contributed by atoms with Gasteiger partial charge in [-0.3, -0.25) is 9.59 Å². The van der Waals surface area contributed by atoms with Gasteiger partial charge in [0.25, 0.3) is 6.29 Å². The number of hydrogen-bond acceptors (Lipinski definition) is 7. The SMILES string of the molecule is CC/C=C\C/C=C\C/C=C\C/C=C\CCCCCCCCC(=O)OC(COC(=O)CCCCCCCCCCCCCCCCCCCCCCCCCCCCC/C=C\C/C=C\CCCCCCC)COC(OCC[N+](C)(C)C)C(=O)O. The molecule has 0 saturated carbocycles. The molecule has 0 spiro atoms. The predicted molar refractivity (Wildman–Crippen MR) is 355 cm³/mol. The first kappa shape index (κ1) is 79.7. The van der Waals surface area contributed by atoms with Crippen molar-refractivity contribution in [1.29, 1.82) is 0 Å². The number of ether oxygens (including phenoxy) is 4. The van der Waals surface area contributed by atoms with E-state index in [1.807, 2.05) is 21.1 Å². The van der Waals surface area contributed by atoms with Crippen LogP contribution in [0.15, 0.2) is 72.9 Å². The van der Waals surface area contributed by atoms with E-state index in [4.69, 9.17) is 18.9 Å². The average molecular weight is 1170 g/mol. The van der Waals surface area contributed by atoms with Gasteiger partial charge >= 0.3 is 17.9 Å². The summed E-state index contributed by atoms with van der Waals surface area (Å²) < 4.78 is 22.9. The minimum atomic E-state index is -1.52. The quantitative estimate of drug-likeness (QED) is 0.0211. The van der Waals surface area contributed by atoms with E-state index in [0.29, 0.717) is 23.9 Å². The lowest BCUT2D eigenvalue weighted by Crippen LogP contribution is -2.40. The molecule has 0 heterocycles. The largest absolute Gasteiger partial charge is 0.477 e. The second kappa shape index (κ2) is 64.7. The van der Waals surface area contributed by atoms with Crippen molar-refractivity contribution in [3.63, 3.8) is 0 Å². The number of unbranched alkanes of at least 4 members (excludes halogenated alkanes) is 38. The third-order valence-corrected chi connectivity index (χ3v) is 15.4. The van der Waals surface area contributed by atoms with Gasteiger partial charge in [0.2, 0.25) is 0 Å². The number of carboxylic acids is 1. The molecule has 0 saturated heterocycles. The van der Waals surface area contributed by atoms with Gasteiger partial charge < -0.3 is 28.5 Å². The first-order chi connectivity index (χ1) is 40.6. The maximum absolute atomic E-state index is 12.9. The Hall–Kier alpha value is -3.27. The molecule has 0 radical (unpaired) electrons. The number of carboxylic acid groups (broad SMARTS) is 1. The predicted octanol–water partition coefficient (Wildman–Crippen LogP) is 21.7. The zero-order valence-corrected chi connectivity index (χ0v) is 55.1. The Kier molecular flexibility index (Phi) is 62.2. The lowest BCUT2D eigenvalue weighted by Gasteiger charge is -2.25. The standard InChI is InChI=1S/C74H133NO8/c1-6-8-10-12-14-16-18-20-22-24-26-27-28-29-30-31-32-33-34-35-36-37-38-39-40-41-42-43-44-45-47-48-50-52-54-56-58-60-62-64-71(76)81-68-70(69-82-74(73(78)79)80-67-66-75(3,4)5)83-72(77)65-63-61-59-57-55-53-51-49-46-25-23-21-19-17-15-13-11-9-7-2/h9,11,15,17-18,20-21,23-24,26,46,49,70,74H,6-8,10,12-14,16,19,22,25,27-45,47-48,50-69H2,1-5H3/p+1/b11-9-,17-15-,20-18-,23-21-,26-24-,49-46-. The zero-order valence-electron chi connectivity index (χ0n) is 55.1. The van der Waals surface area contributed by atoms with Crippen molar-refractivity contribution in [3.05, 3.63) is 72.9 Å². The molecule has 0 bridgehead atoms. The Morgan fingerprint density at radius 2 is 0.687 bits per heavy atom. The molecular formula is C74H134NO8+. The molecule has 0 aliphatic rings. The molecule has 2 unspecified atom stereocenters. The molecule has 0 aromatic carbocycles. The molecule has 0 rings (SSSR count). The number of rotatable bonds is 65. The fourth-order valence-corrected chi connectivity index (χ4v) is 10.1. The number of aliphatic carboxylic acids is 1. The van der Waals surface area contributed by atoms with E-state index in [0.717, 1.165) is 89.9 Å². The van der Waals surface area contributed by atoms with Crippen molar-refractivity contribution in [3.8, 4) is 0 Å². The zero-order chi connectivity index (χ0) is 60.5. The Balaban J connectivity index is 3.97. The molecule has 0 amide bonds. The Labute approximate surface area is 513 Å². The lowest BCUT2D eigenvalue weighted by atomic mass is 10.0. The summed E-state index contributed by atoms with van der Waals surface area (Å²) in [5.74, 6) is -2.01. The van der Waals surface area contributed by atoms with E-state index in [-0.39, 0.29) is 32.2 Å². The summed E-state index contributed by atoms with van der Waals surface area (Å²) in [5, 5.41) is 9.73. The molecular weight excluding hydrogens is 1030 g/mol. The van der Waals surface area contributed by atoms with Crippen molar-refractivity contribution in [2.75, 3.05) is 47.5 Å². The van der Waals surface area contributed by atoms with Gasteiger partial charge in [-0.05, 0) is 83.5 Å². The Morgan fingerprint density at radius 3 is 1.02 bits per heavy atom. The number of carbonyl (C=O) groups excluding carboxylic acids is 2. The van der Waals surface area contributed by atoms with Crippen molar-refractivity contribution < 1.29 is 42.9 Å². The van der Waals surface area contributed by atoms with Crippen LogP contribution in [0.4, 0.5) is 0 Å². The van der Waals surface area contributed by atoms with E-state index < -0.39 is 24.3 Å². The van der Waals surface area contributed by atoms with Crippen molar-refractivity contribution in [2.24, 2.45) is 0 Å². The van der Waals surface area contributed by atoms with Crippen molar-refractivity contribution in [1.82, 2.24) is 0 Å². The van der Waals surface area contributed by atoms with Gasteiger partial charge in [0.1, 0.15) is 13.2 Å². The molecule has 0 aromatic rings. The van der Waals surface area contributed by atoms with Gasteiger partial charge in [0.05, 0.1) is 34.4 Å². The highest BCUT2D eigenvalue weighted by molar-refractivity contribution is 5.71. The molecule has 482 valence electrons. The first-order valence-corrected chi connectivity index (χ1v) is 35.1. The highest BCUT2D eigenvalue weighted by Crippen LogP contribution is 2.18. The number of likely N-dealkylation sites (N-methyl/N-ethyl adjacent to an activating group) is 1. The summed E-state index contributed by atoms with van der Waals surface area (Å²) >= 11 is 0. The van der Waals surface area contributed by atoms with Gasteiger partial charge in [0.15, 0.2) is 6.10 Å². The normalized spacial score (nSPS) is 13.1. The Bertz CT molecular complexity index is 1590. The number of quaternary nitrogens is 1. The number of nitrogens with zero attached hydrogens (tertiary/aromatic N) is 1. The van der Waals surface area contributed by atoms with E-state index in [1.165, 1.54) is 199 Å². The molecule has 2 atom stereocenters.